The summed E-state index contributed by atoms with van der Waals surface area (Å²) in [5.74, 6) is 0.746. The van der Waals surface area contributed by atoms with Gasteiger partial charge in [-0.2, -0.15) is 0 Å². The number of aliphatic hydroxyl groups excluding tert-OH is 1. The van der Waals surface area contributed by atoms with Gasteiger partial charge in [-0.1, -0.05) is 19.8 Å². The highest BCUT2D eigenvalue weighted by molar-refractivity contribution is 5.27. The van der Waals surface area contributed by atoms with Gasteiger partial charge in [0, 0.05) is 17.2 Å². The van der Waals surface area contributed by atoms with Crippen molar-refractivity contribution in [2.75, 3.05) is 0 Å². The lowest BCUT2D eigenvalue weighted by Crippen LogP contribution is -2.25. The van der Waals surface area contributed by atoms with Gasteiger partial charge in [0.05, 0.1) is 18.4 Å². The monoisotopic (exact) mass is 263 g/mol. The van der Waals surface area contributed by atoms with Gasteiger partial charge >= 0.3 is 0 Å². The molecule has 0 amide bonds. The molecule has 19 heavy (non-hydrogen) atoms. The molecule has 1 N–H and O–H groups in total. The third kappa shape index (κ3) is 3.08. The number of hydrogen-bond acceptors (Lipinski definition) is 3. The van der Waals surface area contributed by atoms with Gasteiger partial charge in [-0.15, -0.1) is 0 Å². The maximum Gasteiger partial charge on any atom is 0.138 e. The van der Waals surface area contributed by atoms with Crippen LogP contribution in [0.25, 0.3) is 0 Å². The van der Waals surface area contributed by atoms with Gasteiger partial charge in [0.2, 0.25) is 0 Å². The molecule has 2 rings (SSSR count). The van der Waals surface area contributed by atoms with E-state index in [-0.39, 0.29) is 11.5 Å². The molecule has 1 fully saturated rings. The van der Waals surface area contributed by atoms with E-state index >= 15 is 0 Å². The summed E-state index contributed by atoms with van der Waals surface area (Å²) in [6.45, 7) is 6.16. The topological polar surface area (TPSA) is 42.4 Å². The molecule has 1 saturated carbocycles. The van der Waals surface area contributed by atoms with Crippen molar-refractivity contribution >= 4 is 0 Å². The highest BCUT2D eigenvalue weighted by Crippen LogP contribution is 2.50. The molecule has 0 bridgehead atoms. The number of nitrogens with zero attached hydrogens (tertiary/aromatic N) is 1. The van der Waals surface area contributed by atoms with Crippen LogP contribution in [-0.4, -0.2) is 16.2 Å². The number of ether oxygens (including phenoxy) is 1. The van der Waals surface area contributed by atoms with Crippen LogP contribution in [0.4, 0.5) is 0 Å². The van der Waals surface area contributed by atoms with Crippen LogP contribution in [0.5, 0.6) is 5.75 Å². The molecular weight excluding hydrogens is 238 g/mol. The normalized spacial score (nSPS) is 19.6. The minimum atomic E-state index is -0.428. The quantitative estimate of drug-likeness (QED) is 0.876. The lowest BCUT2D eigenvalue weighted by Gasteiger charge is -2.33. The van der Waals surface area contributed by atoms with E-state index in [1.807, 2.05) is 19.9 Å². The molecule has 1 atom stereocenters. The zero-order valence-electron chi connectivity index (χ0n) is 12.2. The summed E-state index contributed by atoms with van der Waals surface area (Å²) in [5.41, 5.74) is 0.930. The second kappa shape index (κ2) is 5.91. The predicted octanol–water partition coefficient (Wildman–Crippen LogP) is 3.87. The van der Waals surface area contributed by atoms with Crippen LogP contribution in [0.3, 0.4) is 0 Å². The van der Waals surface area contributed by atoms with Crippen LogP contribution in [0.15, 0.2) is 18.5 Å². The largest absolute Gasteiger partial charge is 0.489 e. The van der Waals surface area contributed by atoms with E-state index in [9.17, 15) is 5.11 Å². The zero-order valence-corrected chi connectivity index (χ0v) is 12.2. The molecule has 106 valence electrons. The molecule has 0 aliphatic heterocycles. The van der Waals surface area contributed by atoms with Crippen molar-refractivity contribution in [3.05, 3.63) is 24.0 Å². The average Bonchev–Trinajstić information content (AvgIpc) is 2.87. The van der Waals surface area contributed by atoms with E-state index in [4.69, 9.17) is 4.74 Å². The summed E-state index contributed by atoms with van der Waals surface area (Å²) in [6.07, 6.45) is 8.87. The van der Waals surface area contributed by atoms with Gasteiger partial charge < -0.3 is 9.84 Å². The van der Waals surface area contributed by atoms with Crippen molar-refractivity contribution in [2.45, 2.75) is 65.1 Å². The summed E-state index contributed by atoms with van der Waals surface area (Å²) >= 11 is 0. The van der Waals surface area contributed by atoms with Crippen LogP contribution in [0.2, 0.25) is 0 Å². The second-order valence-electron chi connectivity index (χ2n) is 5.95. The highest BCUT2D eigenvalue weighted by atomic mass is 16.5. The molecule has 1 aliphatic rings. The zero-order chi connectivity index (χ0) is 13.9. The smallest absolute Gasteiger partial charge is 0.138 e. The SMILES string of the molecule is CCC1(C(O)c2cncc(OC(C)C)c2)CCCC1. The molecule has 0 radical (unpaired) electrons. The maximum atomic E-state index is 10.7. The van der Waals surface area contributed by atoms with Crippen molar-refractivity contribution in [3.8, 4) is 5.75 Å². The molecule has 1 aromatic heterocycles. The Bertz CT molecular complexity index is 411. The van der Waals surface area contributed by atoms with Crippen molar-refractivity contribution in [2.24, 2.45) is 5.41 Å². The van der Waals surface area contributed by atoms with Crippen molar-refractivity contribution in [1.82, 2.24) is 4.98 Å². The molecule has 1 unspecified atom stereocenters. The molecule has 1 aromatic rings. The summed E-state index contributed by atoms with van der Waals surface area (Å²) in [5, 5.41) is 10.7. The van der Waals surface area contributed by atoms with Crippen molar-refractivity contribution < 1.29 is 9.84 Å². The Hall–Kier alpha value is -1.09. The molecule has 1 heterocycles. The van der Waals surface area contributed by atoms with Crippen molar-refractivity contribution in [3.63, 3.8) is 0 Å². The first-order valence-electron chi connectivity index (χ1n) is 7.37. The predicted molar refractivity (Wildman–Crippen MR) is 76.2 cm³/mol. The number of pyridine rings is 1. The van der Waals surface area contributed by atoms with Crippen LogP contribution < -0.4 is 4.74 Å². The summed E-state index contributed by atoms with van der Waals surface area (Å²) in [6, 6.07) is 1.94. The third-order valence-electron chi connectivity index (χ3n) is 4.31. The number of aliphatic hydroxyl groups is 1. The first-order chi connectivity index (χ1) is 9.07. The van der Waals surface area contributed by atoms with Gasteiger partial charge in [-0.25, -0.2) is 0 Å². The molecular formula is C16H25NO2. The van der Waals surface area contributed by atoms with Gasteiger partial charge in [0.25, 0.3) is 0 Å². The van der Waals surface area contributed by atoms with Crippen LogP contribution in [0, 0.1) is 5.41 Å². The third-order valence-corrected chi connectivity index (χ3v) is 4.31. The molecule has 0 spiro atoms. The van der Waals surface area contributed by atoms with E-state index in [2.05, 4.69) is 11.9 Å². The van der Waals surface area contributed by atoms with E-state index in [1.165, 1.54) is 12.8 Å². The van der Waals surface area contributed by atoms with Gasteiger partial charge in [-0.05, 0) is 39.2 Å². The average molecular weight is 263 g/mol. The first-order valence-corrected chi connectivity index (χ1v) is 7.37. The first kappa shape index (κ1) is 14.3. The summed E-state index contributed by atoms with van der Waals surface area (Å²) < 4.78 is 5.66. The Labute approximate surface area is 116 Å². The maximum absolute atomic E-state index is 10.7. The van der Waals surface area contributed by atoms with Gasteiger partial charge in [0.15, 0.2) is 0 Å². The van der Waals surface area contributed by atoms with E-state index in [0.29, 0.717) is 0 Å². The van der Waals surface area contributed by atoms with E-state index in [0.717, 1.165) is 30.6 Å². The molecule has 0 saturated heterocycles. The number of aromatic nitrogens is 1. The molecule has 3 nitrogen and oxygen atoms in total. The summed E-state index contributed by atoms with van der Waals surface area (Å²) in [4.78, 5) is 4.21. The Morgan fingerprint density at radius 3 is 2.58 bits per heavy atom. The fraction of sp³-hybridized carbons (Fsp3) is 0.688. The van der Waals surface area contributed by atoms with E-state index < -0.39 is 6.10 Å². The van der Waals surface area contributed by atoms with Crippen molar-refractivity contribution in [1.29, 1.82) is 0 Å². The van der Waals surface area contributed by atoms with Gasteiger partial charge in [-0.3, -0.25) is 4.98 Å². The second-order valence-corrected chi connectivity index (χ2v) is 5.95. The fourth-order valence-electron chi connectivity index (χ4n) is 3.17. The minimum Gasteiger partial charge on any atom is -0.489 e. The van der Waals surface area contributed by atoms with Crippen LogP contribution in [0.1, 0.15) is 64.5 Å². The summed E-state index contributed by atoms with van der Waals surface area (Å²) in [7, 11) is 0. The Morgan fingerprint density at radius 2 is 2.00 bits per heavy atom. The molecule has 3 heteroatoms. The number of rotatable bonds is 5. The highest BCUT2D eigenvalue weighted by Gasteiger charge is 2.39. The lowest BCUT2D eigenvalue weighted by atomic mass is 9.75. The molecule has 0 aromatic carbocycles. The minimum absolute atomic E-state index is 0.0398. The van der Waals surface area contributed by atoms with Crippen LogP contribution in [-0.2, 0) is 0 Å². The van der Waals surface area contributed by atoms with Gasteiger partial charge in [0.1, 0.15) is 5.75 Å². The van der Waals surface area contributed by atoms with E-state index in [1.54, 1.807) is 12.4 Å². The Kier molecular flexibility index (Phi) is 4.46. The van der Waals surface area contributed by atoms with Crippen LogP contribution >= 0.6 is 0 Å². The Balaban J connectivity index is 2.20. The molecule has 1 aliphatic carbocycles. The fourth-order valence-corrected chi connectivity index (χ4v) is 3.17. The standard InChI is InChI=1S/C16H25NO2/c1-4-16(7-5-6-8-16)15(18)13-9-14(11-17-10-13)19-12(2)3/h9-12,15,18H,4-8H2,1-3H3. The Morgan fingerprint density at radius 1 is 1.32 bits per heavy atom. The number of hydrogen-bond donors (Lipinski definition) is 1. The lowest BCUT2D eigenvalue weighted by molar-refractivity contribution is 0.0232.